The van der Waals surface area contributed by atoms with Crippen molar-refractivity contribution in [2.75, 3.05) is 39.6 Å². The van der Waals surface area contributed by atoms with Crippen LogP contribution < -0.4 is 0 Å². The number of carbonyl (C=O) groups excluding carboxylic acids is 4. The normalized spacial score (nSPS) is 14.4. The summed E-state index contributed by atoms with van der Waals surface area (Å²) in [5.74, 6) is 0.184. The average Bonchev–Trinajstić information content (AvgIpc) is 0.962. The third kappa shape index (κ3) is 72.5. The molecule has 0 bridgehead atoms. The van der Waals surface area contributed by atoms with Crippen LogP contribution in [-0.4, -0.2) is 96.7 Å². The lowest BCUT2D eigenvalue weighted by molar-refractivity contribution is -0.161. The average molecular weight is 1460 g/mol. The smallest absolute Gasteiger partial charge is 0.462 e. The van der Waals surface area contributed by atoms with E-state index in [0.717, 1.165) is 127 Å². The van der Waals surface area contributed by atoms with E-state index >= 15 is 0 Å². The van der Waals surface area contributed by atoms with Gasteiger partial charge in [-0.25, -0.2) is 9.13 Å². The van der Waals surface area contributed by atoms with Gasteiger partial charge in [-0.05, 0) is 69.1 Å². The Balaban J connectivity index is 5.28. The molecule has 0 aromatic carbocycles. The standard InChI is InChI=1S/C81H154O17P2/c1-8-10-11-12-13-14-15-16-18-26-31-36-41-50-57-65-81(86)98-77(69-92-79(84)63-56-49-44-43-47-54-61-74(7)9-2)71-96-100(89,90)94-67-75(82)66-93-99(87,88)95-70-76(68-91-78(83)62-55-48-40-35-30-25-22-21-24-29-34-39-46-53-60-73(5)6)97-80(85)64-58-51-42-37-32-27-20-17-19-23-28-33-38-45-52-59-72(3)4/h14-16,18,72-77,82H,8-13,17,19-71H2,1-7H3,(H,87,88)(H,89,90)/b15-14-,18-16-/t74?,75-,76-,77-/m1/s1. The zero-order valence-electron chi connectivity index (χ0n) is 65.2. The lowest BCUT2D eigenvalue weighted by Gasteiger charge is -2.21. The monoisotopic (exact) mass is 1460 g/mol. The molecule has 100 heavy (non-hydrogen) atoms. The van der Waals surface area contributed by atoms with E-state index in [1.807, 2.05) is 0 Å². The van der Waals surface area contributed by atoms with Crippen molar-refractivity contribution in [3.05, 3.63) is 24.3 Å². The molecule has 3 N–H and O–H groups in total. The largest absolute Gasteiger partial charge is 0.472 e. The fourth-order valence-electron chi connectivity index (χ4n) is 11.9. The van der Waals surface area contributed by atoms with E-state index in [1.54, 1.807) is 0 Å². The van der Waals surface area contributed by atoms with Crippen LogP contribution in [0.5, 0.6) is 0 Å². The molecule has 590 valence electrons. The van der Waals surface area contributed by atoms with Crippen molar-refractivity contribution in [1.82, 2.24) is 0 Å². The third-order valence-electron chi connectivity index (χ3n) is 18.6. The zero-order valence-corrected chi connectivity index (χ0v) is 66.9. The highest BCUT2D eigenvalue weighted by molar-refractivity contribution is 7.47. The predicted octanol–water partition coefficient (Wildman–Crippen LogP) is 23.7. The SMILES string of the molecule is CCCCCC/C=C\C=C/CCCCCCCC(=O)O[C@H](COC(=O)CCCCCCCCC(C)CC)COP(=O)(O)OC[C@H](O)COP(=O)(O)OC[C@@H](COC(=O)CCCCCCCCCCCCCCCCC(C)C)OC(=O)CCCCCCCCCCCCCCCCCC(C)C. The van der Waals surface area contributed by atoms with Crippen molar-refractivity contribution in [2.24, 2.45) is 17.8 Å². The van der Waals surface area contributed by atoms with Crippen LogP contribution in [0.1, 0.15) is 395 Å². The fraction of sp³-hybridized carbons (Fsp3) is 0.901. The number of aliphatic hydroxyl groups excluding tert-OH is 1. The maximum absolute atomic E-state index is 13.1. The minimum atomic E-state index is -4.97. The Bertz CT molecular complexity index is 2040. The first-order valence-corrected chi connectivity index (χ1v) is 44.2. The van der Waals surface area contributed by atoms with E-state index in [4.69, 9.17) is 37.0 Å². The van der Waals surface area contributed by atoms with Crippen LogP contribution in [0.3, 0.4) is 0 Å². The molecule has 3 unspecified atom stereocenters. The number of allylic oxidation sites excluding steroid dienone is 4. The molecule has 0 fully saturated rings. The highest BCUT2D eigenvalue weighted by Gasteiger charge is 2.30. The lowest BCUT2D eigenvalue weighted by atomic mass is 10.00. The summed E-state index contributed by atoms with van der Waals surface area (Å²) in [5, 5.41) is 10.6. The summed E-state index contributed by atoms with van der Waals surface area (Å²) in [4.78, 5) is 73.0. The van der Waals surface area contributed by atoms with Gasteiger partial charge in [0.15, 0.2) is 12.2 Å². The molecule has 0 aliphatic carbocycles. The summed E-state index contributed by atoms with van der Waals surface area (Å²) in [6.45, 7) is 11.9. The molecule has 0 amide bonds. The van der Waals surface area contributed by atoms with E-state index in [1.165, 1.54) is 186 Å². The van der Waals surface area contributed by atoms with E-state index in [-0.39, 0.29) is 25.7 Å². The molecule has 0 aromatic heterocycles. The highest BCUT2D eigenvalue weighted by Crippen LogP contribution is 2.45. The number of unbranched alkanes of at least 4 members (excludes halogenated alkanes) is 41. The van der Waals surface area contributed by atoms with Crippen LogP contribution in [0.2, 0.25) is 0 Å². The molecule has 0 spiro atoms. The quantitative estimate of drug-likeness (QED) is 0.0169. The van der Waals surface area contributed by atoms with Crippen molar-refractivity contribution in [3.8, 4) is 0 Å². The second-order valence-corrected chi connectivity index (χ2v) is 32.6. The first-order valence-electron chi connectivity index (χ1n) is 41.2. The van der Waals surface area contributed by atoms with Crippen molar-refractivity contribution in [1.29, 1.82) is 0 Å². The van der Waals surface area contributed by atoms with Crippen molar-refractivity contribution < 1.29 is 80.2 Å². The summed E-state index contributed by atoms with van der Waals surface area (Å²) in [6.07, 6.45) is 61.9. The van der Waals surface area contributed by atoms with Gasteiger partial charge in [0.2, 0.25) is 0 Å². The van der Waals surface area contributed by atoms with Gasteiger partial charge < -0.3 is 33.8 Å². The van der Waals surface area contributed by atoms with E-state index in [9.17, 15) is 43.2 Å². The van der Waals surface area contributed by atoms with Gasteiger partial charge in [0.1, 0.15) is 19.3 Å². The topological polar surface area (TPSA) is 237 Å². The minimum absolute atomic E-state index is 0.0840. The van der Waals surface area contributed by atoms with Crippen LogP contribution >= 0.6 is 15.6 Å². The molecule has 19 heteroatoms. The molecule has 0 aromatic rings. The zero-order chi connectivity index (χ0) is 73.7. The van der Waals surface area contributed by atoms with E-state index in [2.05, 4.69) is 72.8 Å². The van der Waals surface area contributed by atoms with E-state index < -0.39 is 97.5 Å². The number of rotatable bonds is 77. The van der Waals surface area contributed by atoms with Crippen LogP contribution in [-0.2, 0) is 65.4 Å². The summed E-state index contributed by atoms with van der Waals surface area (Å²) in [7, 11) is -9.93. The molecular weight excluding hydrogens is 1310 g/mol. The number of phosphoric ester groups is 2. The maximum atomic E-state index is 13.1. The molecule has 0 saturated heterocycles. The van der Waals surface area contributed by atoms with Gasteiger partial charge in [-0.3, -0.25) is 37.3 Å². The number of hydrogen-bond donors (Lipinski definition) is 3. The molecule has 0 aliphatic rings. The number of phosphoric acid groups is 2. The summed E-state index contributed by atoms with van der Waals surface area (Å²) in [6, 6.07) is 0. The van der Waals surface area contributed by atoms with Gasteiger partial charge in [0.25, 0.3) is 0 Å². The Morgan fingerprint density at radius 3 is 0.890 bits per heavy atom. The van der Waals surface area contributed by atoms with Gasteiger partial charge >= 0.3 is 39.5 Å². The van der Waals surface area contributed by atoms with Crippen molar-refractivity contribution >= 4 is 39.5 Å². The van der Waals surface area contributed by atoms with E-state index in [0.29, 0.717) is 25.7 Å². The summed E-state index contributed by atoms with van der Waals surface area (Å²) < 4.78 is 68.7. The number of ether oxygens (including phenoxy) is 4. The molecule has 0 rings (SSSR count). The number of carbonyl (C=O) groups is 4. The molecule has 0 radical (unpaired) electrons. The minimum Gasteiger partial charge on any atom is -0.462 e. The van der Waals surface area contributed by atoms with Crippen molar-refractivity contribution in [3.63, 3.8) is 0 Å². The van der Waals surface area contributed by atoms with Crippen LogP contribution in [0.25, 0.3) is 0 Å². The summed E-state index contributed by atoms with van der Waals surface area (Å²) >= 11 is 0. The Kier molecular flexibility index (Phi) is 69.1. The molecule has 0 heterocycles. The molecule has 0 aliphatic heterocycles. The Morgan fingerprint density at radius 1 is 0.330 bits per heavy atom. The van der Waals surface area contributed by atoms with Crippen LogP contribution in [0, 0.1) is 17.8 Å². The maximum Gasteiger partial charge on any atom is 0.472 e. The van der Waals surface area contributed by atoms with Crippen LogP contribution in [0.4, 0.5) is 0 Å². The van der Waals surface area contributed by atoms with Gasteiger partial charge in [0.05, 0.1) is 26.4 Å². The second-order valence-electron chi connectivity index (χ2n) is 29.7. The predicted molar refractivity (Wildman–Crippen MR) is 409 cm³/mol. The Labute approximate surface area is 612 Å². The van der Waals surface area contributed by atoms with Crippen LogP contribution in [0.15, 0.2) is 24.3 Å². The van der Waals surface area contributed by atoms with Crippen molar-refractivity contribution in [2.45, 2.75) is 414 Å². The first kappa shape index (κ1) is 97.5. The molecular formula is C81H154O17P2. The highest BCUT2D eigenvalue weighted by atomic mass is 31.2. The summed E-state index contributed by atoms with van der Waals surface area (Å²) in [5.41, 5.74) is 0. The molecule has 17 nitrogen and oxygen atoms in total. The third-order valence-corrected chi connectivity index (χ3v) is 20.5. The second kappa shape index (κ2) is 70.8. The number of aliphatic hydroxyl groups is 1. The number of hydrogen-bond acceptors (Lipinski definition) is 15. The van der Waals surface area contributed by atoms with Gasteiger partial charge in [-0.2, -0.15) is 0 Å². The van der Waals surface area contributed by atoms with Gasteiger partial charge in [0, 0.05) is 25.7 Å². The first-order chi connectivity index (χ1) is 48.3. The Hall–Kier alpha value is -2.46. The Morgan fingerprint density at radius 2 is 0.590 bits per heavy atom. The van der Waals surface area contributed by atoms with Gasteiger partial charge in [-0.1, -0.05) is 342 Å². The number of esters is 4. The molecule has 0 saturated carbocycles. The van der Waals surface area contributed by atoms with Gasteiger partial charge in [-0.15, -0.1) is 0 Å². The lowest BCUT2D eigenvalue weighted by Crippen LogP contribution is -2.30. The fourth-order valence-corrected chi connectivity index (χ4v) is 13.5. The molecule has 6 atom stereocenters.